The van der Waals surface area contributed by atoms with E-state index in [0.29, 0.717) is 17.9 Å². The van der Waals surface area contributed by atoms with Crippen molar-refractivity contribution in [3.8, 4) is 28.4 Å². The van der Waals surface area contributed by atoms with E-state index in [1.807, 2.05) is 93.6 Å². The predicted octanol–water partition coefficient (Wildman–Crippen LogP) is 8.62. The third kappa shape index (κ3) is 9.26. The van der Waals surface area contributed by atoms with Gasteiger partial charge in [0, 0.05) is 23.5 Å². The Hall–Kier alpha value is -5.08. The van der Waals surface area contributed by atoms with Gasteiger partial charge in [0.15, 0.2) is 6.29 Å². The maximum Gasteiger partial charge on any atom is 0.197 e. The normalized spacial score (nSPS) is 13.1. The summed E-state index contributed by atoms with van der Waals surface area (Å²) in [5.74, 6) is 2.05. The van der Waals surface area contributed by atoms with Crippen LogP contribution in [0.5, 0.6) is 17.2 Å². The van der Waals surface area contributed by atoms with E-state index in [9.17, 15) is 15.3 Å². The summed E-state index contributed by atoms with van der Waals surface area (Å²) in [5, 5.41) is 28.4. The highest BCUT2D eigenvalue weighted by atomic mass is 16.6. The van der Waals surface area contributed by atoms with Crippen LogP contribution in [0.1, 0.15) is 38.3 Å². The van der Waals surface area contributed by atoms with Crippen LogP contribution < -0.4 is 19.1 Å². The second kappa shape index (κ2) is 16.7. The Labute approximate surface area is 282 Å². The lowest BCUT2D eigenvalue weighted by atomic mass is 10.0. The van der Waals surface area contributed by atoms with Crippen molar-refractivity contribution in [2.24, 2.45) is 0 Å². The Bertz CT molecular complexity index is 1720. The van der Waals surface area contributed by atoms with Gasteiger partial charge >= 0.3 is 0 Å². The van der Waals surface area contributed by atoms with Gasteiger partial charge in [-0.15, -0.1) is 0 Å². The minimum atomic E-state index is -0.815. The summed E-state index contributed by atoms with van der Waals surface area (Å²) < 4.78 is 17.0. The molecule has 3 N–H and O–H groups in total. The molecule has 5 aromatic carbocycles. The molecule has 3 atom stereocenters. The van der Waals surface area contributed by atoms with E-state index < -0.39 is 6.29 Å². The summed E-state index contributed by atoms with van der Waals surface area (Å²) in [6.07, 6.45) is 3.30. The van der Waals surface area contributed by atoms with Crippen LogP contribution in [-0.4, -0.2) is 47.0 Å². The van der Waals surface area contributed by atoms with Gasteiger partial charge in [0.05, 0.1) is 13.2 Å². The van der Waals surface area contributed by atoms with Crippen LogP contribution in [-0.2, 0) is 0 Å². The smallest absolute Gasteiger partial charge is 0.197 e. The van der Waals surface area contributed by atoms with Gasteiger partial charge < -0.3 is 34.4 Å². The second-order valence-corrected chi connectivity index (χ2v) is 11.6. The number of nitrogens with zero attached hydrogens (tertiary/aromatic N) is 1. The van der Waals surface area contributed by atoms with Crippen LogP contribution in [0, 0.1) is 0 Å². The zero-order valence-corrected chi connectivity index (χ0v) is 27.6. The first-order valence-electron chi connectivity index (χ1n) is 16.2. The Kier molecular flexibility index (Phi) is 11.9. The van der Waals surface area contributed by atoms with Crippen molar-refractivity contribution in [2.75, 3.05) is 18.1 Å². The van der Waals surface area contributed by atoms with Crippen molar-refractivity contribution < 1.29 is 29.5 Å². The molecule has 0 aromatic heterocycles. The molecule has 0 radical (unpaired) electrons. The predicted molar refractivity (Wildman–Crippen MR) is 193 cm³/mol. The standard InChI is InChI=1S/C41H43NO6/c1-4-41(45)48-40-23-13-34(14-24-40)33-11-17-36(18-12-33)42(37-19-25-39(26-20-37)47-30(3)28-44)35-15-7-31(8-16-35)5-6-32-9-21-38(22-10-32)46-29(2)27-43/h5-26,29-30,41,43-45H,4,27-28H2,1-3H3. The molecule has 0 aliphatic carbocycles. The van der Waals surface area contributed by atoms with Gasteiger partial charge in [0.2, 0.25) is 0 Å². The average Bonchev–Trinajstić information content (AvgIpc) is 3.13. The number of ether oxygens (including phenoxy) is 3. The Balaban J connectivity index is 1.38. The van der Waals surface area contributed by atoms with Gasteiger partial charge in [-0.3, -0.25) is 0 Å². The highest BCUT2D eigenvalue weighted by Crippen LogP contribution is 2.37. The molecule has 248 valence electrons. The second-order valence-electron chi connectivity index (χ2n) is 11.6. The largest absolute Gasteiger partial charge is 0.488 e. The molecule has 0 amide bonds. The van der Waals surface area contributed by atoms with Gasteiger partial charge in [0.1, 0.15) is 29.5 Å². The molecule has 0 aliphatic rings. The molecular formula is C41H43NO6. The lowest BCUT2D eigenvalue weighted by molar-refractivity contribution is -0.0191. The Morgan fingerprint density at radius 3 is 1.29 bits per heavy atom. The Morgan fingerprint density at radius 2 is 0.854 bits per heavy atom. The van der Waals surface area contributed by atoms with Crippen LogP contribution in [0.4, 0.5) is 17.1 Å². The lowest BCUT2D eigenvalue weighted by Crippen LogP contribution is -2.16. The van der Waals surface area contributed by atoms with Gasteiger partial charge in [-0.05, 0) is 109 Å². The molecule has 0 bridgehead atoms. The van der Waals surface area contributed by atoms with E-state index >= 15 is 0 Å². The fraction of sp³-hybridized carbons (Fsp3) is 0.220. The summed E-state index contributed by atoms with van der Waals surface area (Å²) in [6, 6.07) is 40.1. The fourth-order valence-electron chi connectivity index (χ4n) is 5.01. The maximum atomic E-state index is 9.80. The van der Waals surface area contributed by atoms with Crippen LogP contribution in [0.3, 0.4) is 0 Å². The lowest BCUT2D eigenvalue weighted by Gasteiger charge is -2.26. The summed E-state index contributed by atoms with van der Waals surface area (Å²) in [4.78, 5) is 2.19. The number of hydrogen-bond acceptors (Lipinski definition) is 7. The highest BCUT2D eigenvalue weighted by molar-refractivity contribution is 5.80. The minimum absolute atomic E-state index is 0.0269. The van der Waals surface area contributed by atoms with Crippen LogP contribution >= 0.6 is 0 Å². The number of aliphatic hydroxyl groups excluding tert-OH is 3. The van der Waals surface area contributed by atoms with Crippen LogP contribution in [0.2, 0.25) is 0 Å². The van der Waals surface area contributed by atoms with E-state index in [4.69, 9.17) is 14.2 Å². The number of anilines is 3. The van der Waals surface area contributed by atoms with Gasteiger partial charge in [-0.25, -0.2) is 0 Å². The van der Waals surface area contributed by atoms with E-state index in [-0.39, 0.29) is 25.4 Å². The van der Waals surface area contributed by atoms with Crippen LogP contribution in [0.25, 0.3) is 23.3 Å². The summed E-state index contributed by atoms with van der Waals surface area (Å²) >= 11 is 0. The zero-order chi connectivity index (χ0) is 33.9. The molecule has 5 aromatic rings. The van der Waals surface area contributed by atoms with E-state index in [1.165, 1.54) is 0 Å². The van der Waals surface area contributed by atoms with E-state index in [2.05, 4.69) is 65.6 Å². The molecule has 7 nitrogen and oxygen atoms in total. The molecule has 48 heavy (non-hydrogen) atoms. The SMILES string of the molecule is CCC(O)Oc1ccc(-c2ccc(N(c3ccc(C=Cc4ccc(OC(C)CO)cc4)cc3)c3ccc(OC(C)CO)cc3)cc2)cc1. The molecule has 0 spiro atoms. The molecule has 3 unspecified atom stereocenters. The summed E-state index contributed by atoms with van der Waals surface area (Å²) in [7, 11) is 0. The van der Waals surface area contributed by atoms with Crippen molar-refractivity contribution in [3.05, 3.63) is 132 Å². The first kappa shape index (κ1) is 34.3. The van der Waals surface area contributed by atoms with Gasteiger partial charge in [0.25, 0.3) is 0 Å². The molecule has 0 fully saturated rings. The molecular weight excluding hydrogens is 602 g/mol. The summed E-state index contributed by atoms with van der Waals surface area (Å²) in [5.41, 5.74) is 7.15. The third-order valence-electron chi connectivity index (χ3n) is 7.72. The van der Waals surface area contributed by atoms with E-state index in [0.717, 1.165) is 45.1 Å². The van der Waals surface area contributed by atoms with Crippen molar-refractivity contribution in [1.82, 2.24) is 0 Å². The minimum Gasteiger partial charge on any atom is -0.488 e. The highest BCUT2D eigenvalue weighted by Gasteiger charge is 2.14. The molecule has 0 saturated heterocycles. The quantitative estimate of drug-likeness (QED) is 0.0776. The number of hydrogen-bond donors (Lipinski definition) is 3. The van der Waals surface area contributed by atoms with Crippen molar-refractivity contribution in [1.29, 1.82) is 0 Å². The molecule has 0 aliphatic heterocycles. The first-order valence-corrected chi connectivity index (χ1v) is 16.2. The topological polar surface area (TPSA) is 91.6 Å². The Morgan fingerprint density at radius 1 is 0.521 bits per heavy atom. The van der Waals surface area contributed by atoms with Crippen molar-refractivity contribution in [3.63, 3.8) is 0 Å². The molecule has 7 heteroatoms. The maximum absolute atomic E-state index is 9.80. The molecule has 5 rings (SSSR count). The number of benzene rings is 5. The van der Waals surface area contributed by atoms with Gasteiger partial charge in [-0.1, -0.05) is 67.6 Å². The van der Waals surface area contributed by atoms with E-state index in [1.54, 1.807) is 0 Å². The fourth-order valence-corrected chi connectivity index (χ4v) is 5.01. The number of rotatable bonds is 15. The van der Waals surface area contributed by atoms with Crippen molar-refractivity contribution >= 4 is 29.2 Å². The average molecular weight is 646 g/mol. The number of aliphatic hydroxyl groups is 3. The first-order chi connectivity index (χ1) is 23.3. The monoisotopic (exact) mass is 645 g/mol. The van der Waals surface area contributed by atoms with Crippen molar-refractivity contribution in [2.45, 2.75) is 45.7 Å². The zero-order valence-electron chi connectivity index (χ0n) is 27.6. The summed E-state index contributed by atoms with van der Waals surface area (Å²) in [6.45, 7) is 5.45. The van der Waals surface area contributed by atoms with Gasteiger partial charge in [-0.2, -0.15) is 0 Å². The molecule has 0 saturated carbocycles. The third-order valence-corrected chi connectivity index (χ3v) is 7.72. The van der Waals surface area contributed by atoms with Crippen LogP contribution in [0.15, 0.2) is 121 Å². The molecule has 0 heterocycles.